The Hall–Kier alpha value is -1.06. The number of halogens is 2. The Kier molecular flexibility index (Phi) is 3.93. The van der Waals surface area contributed by atoms with Crippen molar-refractivity contribution in [1.29, 1.82) is 0 Å². The maximum Gasteiger partial charge on any atom is 0.220 e. The second kappa shape index (κ2) is 5.29. The maximum atomic E-state index is 11.3. The van der Waals surface area contributed by atoms with E-state index in [0.29, 0.717) is 35.9 Å². The van der Waals surface area contributed by atoms with Gasteiger partial charge in [0.15, 0.2) is 0 Å². The first-order chi connectivity index (χ1) is 8.57. The van der Waals surface area contributed by atoms with E-state index in [1.165, 1.54) is 0 Å². The summed E-state index contributed by atoms with van der Waals surface area (Å²) in [5, 5.41) is 3.77. The Balaban J connectivity index is 2.37. The molecular formula is C13H13Cl2NO2. The number of rotatable bonds is 3. The number of benzene rings is 1. The SMILES string of the molecule is O=CCC1(c2ccc(Cl)c(Cl)c2)CCC(=O)NC1. The van der Waals surface area contributed by atoms with Gasteiger partial charge in [0.1, 0.15) is 6.29 Å². The monoisotopic (exact) mass is 285 g/mol. The van der Waals surface area contributed by atoms with Crippen LogP contribution in [-0.2, 0) is 15.0 Å². The zero-order chi connectivity index (χ0) is 13.2. The van der Waals surface area contributed by atoms with E-state index in [-0.39, 0.29) is 11.3 Å². The highest BCUT2D eigenvalue weighted by Gasteiger charge is 2.36. The van der Waals surface area contributed by atoms with Crippen LogP contribution < -0.4 is 5.32 Å². The number of nitrogens with one attached hydrogen (secondary N) is 1. The highest BCUT2D eigenvalue weighted by molar-refractivity contribution is 6.42. The fourth-order valence-corrected chi connectivity index (χ4v) is 2.62. The van der Waals surface area contributed by atoms with Gasteiger partial charge in [-0.15, -0.1) is 0 Å². The molecule has 1 amide bonds. The summed E-state index contributed by atoms with van der Waals surface area (Å²) in [7, 11) is 0. The molecule has 18 heavy (non-hydrogen) atoms. The molecule has 1 aromatic rings. The molecule has 1 N–H and O–H groups in total. The van der Waals surface area contributed by atoms with E-state index in [0.717, 1.165) is 11.8 Å². The summed E-state index contributed by atoms with van der Waals surface area (Å²) in [6, 6.07) is 5.38. The molecule has 1 aliphatic rings. The van der Waals surface area contributed by atoms with Crippen LogP contribution in [0, 0.1) is 0 Å². The second-order valence-corrected chi connectivity index (χ2v) is 5.37. The minimum atomic E-state index is -0.357. The van der Waals surface area contributed by atoms with Gasteiger partial charge >= 0.3 is 0 Å². The predicted molar refractivity (Wildman–Crippen MR) is 71.1 cm³/mol. The summed E-state index contributed by atoms with van der Waals surface area (Å²) < 4.78 is 0. The van der Waals surface area contributed by atoms with Crippen molar-refractivity contribution in [1.82, 2.24) is 5.32 Å². The molecule has 0 saturated carbocycles. The third-order valence-corrected chi connectivity index (χ3v) is 4.20. The van der Waals surface area contributed by atoms with Crippen LogP contribution >= 0.6 is 23.2 Å². The number of aldehydes is 1. The van der Waals surface area contributed by atoms with E-state index in [1.807, 2.05) is 6.07 Å². The van der Waals surface area contributed by atoms with Crippen molar-refractivity contribution in [3.8, 4) is 0 Å². The molecular weight excluding hydrogens is 273 g/mol. The van der Waals surface area contributed by atoms with E-state index in [9.17, 15) is 9.59 Å². The molecule has 0 aromatic heterocycles. The summed E-state index contributed by atoms with van der Waals surface area (Å²) in [4.78, 5) is 22.2. The molecule has 0 aliphatic carbocycles. The van der Waals surface area contributed by atoms with Crippen molar-refractivity contribution in [3.05, 3.63) is 33.8 Å². The van der Waals surface area contributed by atoms with Gasteiger partial charge in [0.25, 0.3) is 0 Å². The lowest BCUT2D eigenvalue weighted by atomic mass is 9.72. The second-order valence-electron chi connectivity index (χ2n) is 4.56. The summed E-state index contributed by atoms with van der Waals surface area (Å²) in [5.41, 5.74) is 0.591. The van der Waals surface area contributed by atoms with Crippen molar-refractivity contribution >= 4 is 35.4 Å². The van der Waals surface area contributed by atoms with Crippen molar-refractivity contribution in [3.63, 3.8) is 0 Å². The fourth-order valence-electron chi connectivity index (χ4n) is 2.32. The zero-order valence-corrected chi connectivity index (χ0v) is 11.2. The Labute approximate surface area is 115 Å². The van der Waals surface area contributed by atoms with E-state index < -0.39 is 0 Å². The molecule has 0 spiro atoms. The highest BCUT2D eigenvalue weighted by Crippen LogP contribution is 2.37. The Morgan fingerprint density at radius 2 is 2.11 bits per heavy atom. The molecule has 3 nitrogen and oxygen atoms in total. The molecule has 1 fully saturated rings. The molecule has 1 aromatic carbocycles. The van der Waals surface area contributed by atoms with E-state index in [4.69, 9.17) is 23.2 Å². The molecule has 1 atom stereocenters. The average molecular weight is 286 g/mol. The van der Waals surface area contributed by atoms with Gasteiger partial charge in [-0.3, -0.25) is 4.79 Å². The predicted octanol–water partition coefficient (Wildman–Crippen LogP) is 2.73. The van der Waals surface area contributed by atoms with Crippen LogP contribution in [0.1, 0.15) is 24.8 Å². The highest BCUT2D eigenvalue weighted by atomic mass is 35.5. The third-order valence-electron chi connectivity index (χ3n) is 3.46. The first-order valence-corrected chi connectivity index (χ1v) is 6.49. The van der Waals surface area contributed by atoms with Crippen LogP contribution in [0.25, 0.3) is 0 Å². The molecule has 1 unspecified atom stereocenters. The molecule has 1 heterocycles. The summed E-state index contributed by atoms with van der Waals surface area (Å²) in [6.07, 6.45) is 2.33. The van der Waals surface area contributed by atoms with Gasteiger partial charge in [-0.1, -0.05) is 29.3 Å². The lowest BCUT2D eigenvalue weighted by Gasteiger charge is -2.36. The number of carbonyl (C=O) groups excluding carboxylic acids is 2. The molecule has 0 radical (unpaired) electrons. The third kappa shape index (κ3) is 2.52. The number of carbonyl (C=O) groups is 2. The van der Waals surface area contributed by atoms with Crippen LogP contribution in [0.4, 0.5) is 0 Å². The number of piperidine rings is 1. The summed E-state index contributed by atoms with van der Waals surface area (Å²) >= 11 is 11.9. The van der Waals surface area contributed by atoms with Crippen molar-refractivity contribution in [2.24, 2.45) is 0 Å². The van der Waals surface area contributed by atoms with Gasteiger partial charge in [-0.05, 0) is 24.1 Å². The topological polar surface area (TPSA) is 46.2 Å². The van der Waals surface area contributed by atoms with Gasteiger partial charge in [0, 0.05) is 24.8 Å². The standard InChI is InChI=1S/C13H13Cl2NO2/c14-10-2-1-9(7-11(10)15)13(5-6-17)4-3-12(18)16-8-13/h1-2,6-7H,3-5,8H2,(H,16,18). The van der Waals surface area contributed by atoms with Crippen LogP contribution in [-0.4, -0.2) is 18.7 Å². The van der Waals surface area contributed by atoms with Crippen LogP contribution in [0.5, 0.6) is 0 Å². The lowest BCUT2D eigenvalue weighted by molar-refractivity contribution is -0.124. The van der Waals surface area contributed by atoms with E-state index in [2.05, 4.69) is 5.32 Å². The number of amides is 1. The summed E-state index contributed by atoms with van der Waals surface area (Å²) in [5.74, 6) is 0.0246. The quantitative estimate of drug-likeness (QED) is 0.868. The fraction of sp³-hybridized carbons (Fsp3) is 0.385. The molecule has 1 saturated heterocycles. The van der Waals surface area contributed by atoms with E-state index >= 15 is 0 Å². The molecule has 2 rings (SSSR count). The van der Waals surface area contributed by atoms with Gasteiger partial charge in [-0.2, -0.15) is 0 Å². The number of hydrogen-bond donors (Lipinski definition) is 1. The van der Waals surface area contributed by atoms with Crippen molar-refractivity contribution < 1.29 is 9.59 Å². The smallest absolute Gasteiger partial charge is 0.220 e. The first kappa shape index (κ1) is 13.4. The van der Waals surface area contributed by atoms with Crippen LogP contribution in [0.3, 0.4) is 0 Å². The van der Waals surface area contributed by atoms with Gasteiger partial charge in [-0.25, -0.2) is 0 Å². The van der Waals surface area contributed by atoms with Crippen LogP contribution in [0.15, 0.2) is 18.2 Å². The maximum absolute atomic E-state index is 11.3. The lowest BCUT2D eigenvalue weighted by Crippen LogP contribution is -2.46. The van der Waals surface area contributed by atoms with Crippen molar-refractivity contribution in [2.45, 2.75) is 24.7 Å². The Bertz CT molecular complexity index is 478. The minimum absolute atomic E-state index is 0.0246. The molecule has 5 heteroatoms. The largest absolute Gasteiger partial charge is 0.355 e. The van der Waals surface area contributed by atoms with Crippen LogP contribution in [0.2, 0.25) is 10.0 Å². The van der Waals surface area contributed by atoms with Gasteiger partial charge < -0.3 is 10.1 Å². The zero-order valence-electron chi connectivity index (χ0n) is 9.71. The minimum Gasteiger partial charge on any atom is -0.355 e. The number of hydrogen-bond acceptors (Lipinski definition) is 2. The molecule has 96 valence electrons. The Morgan fingerprint density at radius 3 is 2.67 bits per heavy atom. The van der Waals surface area contributed by atoms with Gasteiger partial charge in [0.05, 0.1) is 10.0 Å². The molecule has 0 bridgehead atoms. The van der Waals surface area contributed by atoms with Gasteiger partial charge in [0.2, 0.25) is 5.91 Å². The summed E-state index contributed by atoms with van der Waals surface area (Å²) in [6.45, 7) is 0.461. The van der Waals surface area contributed by atoms with Crippen molar-refractivity contribution in [2.75, 3.05) is 6.54 Å². The Morgan fingerprint density at radius 1 is 1.33 bits per heavy atom. The molecule has 1 aliphatic heterocycles. The van der Waals surface area contributed by atoms with E-state index in [1.54, 1.807) is 12.1 Å². The average Bonchev–Trinajstić information content (AvgIpc) is 2.36. The first-order valence-electron chi connectivity index (χ1n) is 5.73. The normalized spacial score (nSPS) is 23.6.